The summed E-state index contributed by atoms with van der Waals surface area (Å²) < 4.78 is 1.62. The van der Waals surface area contributed by atoms with Crippen molar-refractivity contribution in [1.29, 1.82) is 0 Å². The van der Waals surface area contributed by atoms with Crippen LogP contribution in [0.5, 0.6) is 0 Å². The summed E-state index contributed by atoms with van der Waals surface area (Å²) in [6.07, 6.45) is 5.11. The first kappa shape index (κ1) is 15.8. The lowest BCUT2D eigenvalue weighted by molar-refractivity contribution is 0.0690. The molecule has 8 nitrogen and oxygen atoms in total. The molecule has 1 aromatic rings. The minimum Gasteiger partial charge on any atom is -0.476 e. The van der Waals surface area contributed by atoms with Crippen LogP contribution in [0.15, 0.2) is 6.20 Å². The quantitative estimate of drug-likeness (QED) is 0.893. The van der Waals surface area contributed by atoms with E-state index in [0.717, 1.165) is 32.2 Å². The summed E-state index contributed by atoms with van der Waals surface area (Å²) in [7, 11) is 0. The van der Waals surface area contributed by atoms with E-state index in [1.165, 1.54) is 6.20 Å². The van der Waals surface area contributed by atoms with E-state index in [0.29, 0.717) is 13.1 Å². The maximum Gasteiger partial charge on any atom is 0.358 e. The number of aromatic carboxylic acids is 1. The molecule has 2 aliphatic heterocycles. The number of aromatic nitrogens is 3. The molecule has 1 aromatic heterocycles. The van der Waals surface area contributed by atoms with Crippen LogP contribution in [0, 0.1) is 0 Å². The topological polar surface area (TPSA) is 91.6 Å². The van der Waals surface area contributed by atoms with Gasteiger partial charge in [-0.1, -0.05) is 5.21 Å². The Morgan fingerprint density at radius 1 is 1.26 bits per heavy atom. The van der Waals surface area contributed by atoms with Crippen molar-refractivity contribution >= 4 is 12.0 Å². The molecule has 0 spiro atoms. The number of nitrogens with zero attached hydrogens (tertiary/aromatic N) is 5. The monoisotopic (exact) mass is 321 g/mol. The molecule has 3 rings (SSSR count). The van der Waals surface area contributed by atoms with Gasteiger partial charge in [0.25, 0.3) is 0 Å². The molecule has 2 saturated heterocycles. The fourth-order valence-corrected chi connectivity index (χ4v) is 3.51. The number of carbonyl (C=O) groups excluding carboxylic acids is 1. The molecule has 0 bridgehead atoms. The summed E-state index contributed by atoms with van der Waals surface area (Å²) in [5.41, 5.74) is -0.0988. The Labute approximate surface area is 135 Å². The fraction of sp³-hybridized carbons (Fsp3) is 0.733. The summed E-state index contributed by atoms with van der Waals surface area (Å²) in [5, 5.41) is 16.5. The lowest BCUT2D eigenvalue weighted by Gasteiger charge is -2.39. The van der Waals surface area contributed by atoms with Gasteiger partial charge in [0.15, 0.2) is 5.69 Å². The van der Waals surface area contributed by atoms with Gasteiger partial charge in [0.05, 0.1) is 12.2 Å². The first-order valence-electron chi connectivity index (χ1n) is 8.10. The zero-order valence-electron chi connectivity index (χ0n) is 13.6. The molecule has 0 saturated carbocycles. The van der Waals surface area contributed by atoms with Crippen molar-refractivity contribution < 1.29 is 14.7 Å². The molecule has 23 heavy (non-hydrogen) atoms. The molecule has 0 aliphatic carbocycles. The fourth-order valence-electron chi connectivity index (χ4n) is 3.51. The second-order valence-corrected chi connectivity index (χ2v) is 6.96. The lowest BCUT2D eigenvalue weighted by atomic mass is 10.0. The Bertz CT molecular complexity index is 604. The number of amides is 2. The number of carbonyl (C=O) groups is 2. The zero-order chi connectivity index (χ0) is 16.6. The standard InChI is InChI=1S/C15H23N5O3/c1-15(2)6-3-7-19(15)14(23)18-8-4-11(5-9-18)20-10-12(13(21)22)16-17-20/h10-11H,3-9H2,1-2H3,(H,21,22). The average molecular weight is 321 g/mol. The third-order valence-electron chi connectivity index (χ3n) is 4.97. The van der Waals surface area contributed by atoms with Crippen molar-refractivity contribution in [3.05, 3.63) is 11.9 Å². The van der Waals surface area contributed by atoms with E-state index >= 15 is 0 Å². The van der Waals surface area contributed by atoms with Crippen molar-refractivity contribution in [2.45, 2.75) is 51.1 Å². The molecule has 0 atom stereocenters. The second kappa shape index (κ2) is 5.82. The van der Waals surface area contributed by atoms with Gasteiger partial charge in [-0.25, -0.2) is 14.3 Å². The average Bonchev–Trinajstić information content (AvgIpc) is 3.13. The van der Waals surface area contributed by atoms with E-state index in [-0.39, 0.29) is 23.3 Å². The Hall–Kier alpha value is -2.12. The Balaban J connectivity index is 1.59. The minimum atomic E-state index is -1.07. The third-order valence-corrected chi connectivity index (χ3v) is 4.97. The van der Waals surface area contributed by atoms with Crippen molar-refractivity contribution in [3.8, 4) is 0 Å². The van der Waals surface area contributed by atoms with Crippen LogP contribution in [0.4, 0.5) is 4.79 Å². The molecule has 8 heteroatoms. The van der Waals surface area contributed by atoms with E-state index < -0.39 is 5.97 Å². The van der Waals surface area contributed by atoms with Gasteiger partial charge in [0.1, 0.15) is 0 Å². The first-order valence-corrected chi connectivity index (χ1v) is 8.10. The normalized spacial score (nSPS) is 21.7. The molecule has 0 radical (unpaired) electrons. The Kier molecular flexibility index (Phi) is 3.99. The van der Waals surface area contributed by atoms with Gasteiger partial charge < -0.3 is 14.9 Å². The summed E-state index contributed by atoms with van der Waals surface area (Å²) in [5.74, 6) is -1.07. The Morgan fingerprint density at radius 2 is 1.96 bits per heavy atom. The van der Waals surface area contributed by atoms with Gasteiger partial charge in [0.2, 0.25) is 0 Å². The van der Waals surface area contributed by atoms with Crippen molar-refractivity contribution in [3.63, 3.8) is 0 Å². The second-order valence-electron chi connectivity index (χ2n) is 6.96. The van der Waals surface area contributed by atoms with E-state index in [4.69, 9.17) is 5.11 Å². The molecule has 0 unspecified atom stereocenters. The van der Waals surface area contributed by atoms with Crippen LogP contribution >= 0.6 is 0 Å². The molecule has 3 heterocycles. The van der Waals surface area contributed by atoms with Crippen molar-refractivity contribution in [2.75, 3.05) is 19.6 Å². The van der Waals surface area contributed by atoms with Crippen molar-refractivity contribution in [2.24, 2.45) is 0 Å². The van der Waals surface area contributed by atoms with Crippen LogP contribution in [-0.4, -0.2) is 67.1 Å². The Morgan fingerprint density at radius 3 is 2.48 bits per heavy atom. The van der Waals surface area contributed by atoms with Crippen LogP contribution < -0.4 is 0 Å². The largest absolute Gasteiger partial charge is 0.476 e. The molecular formula is C15H23N5O3. The molecule has 126 valence electrons. The smallest absolute Gasteiger partial charge is 0.358 e. The highest BCUT2D eigenvalue weighted by molar-refractivity contribution is 5.84. The number of likely N-dealkylation sites (tertiary alicyclic amines) is 2. The van der Waals surface area contributed by atoms with Gasteiger partial charge >= 0.3 is 12.0 Å². The number of carboxylic acids is 1. The number of carboxylic acid groups (broad SMARTS) is 1. The van der Waals surface area contributed by atoms with Crippen molar-refractivity contribution in [1.82, 2.24) is 24.8 Å². The van der Waals surface area contributed by atoms with Gasteiger partial charge in [0, 0.05) is 25.2 Å². The number of piperidine rings is 1. The van der Waals surface area contributed by atoms with E-state index in [9.17, 15) is 9.59 Å². The minimum absolute atomic E-state index is 0.0395. The third kappa shape index (κ3) is 3.02. The van der Waals surface area contributed by atoms with Crippen LogP contribution in [0.1, 0.15) is 56.1 Å². The van der Waals surface area contributed by atoms with Crippen LogP contribution in [-0.2, 0) is 0 Å². The van der Waals surface area contributed by atoms with Gasteiger partial charge in [-0.3, -0.25) is 0 Å². The highest BCUT2D eigenvalue weighted by Gasteiger charge is 2.38. The molecule has 1 N–H and O–H groups in total. The highest BCUT2D eigenvalue weighted by atomic mass is 16.4. The predicted molar refractivity (Wildman–Crippen MR) is 82.2 cm³/mol. The molecule has 2 aliphatic rings. The van der Waals surface area contributed by atoms with Gasteiger partial charge in [-0.15, -0.1) is 5.10 Å². The number of rotatable bonds is 2. The number of hydrogen-bond acceptors (Lipinski definition) is 4. The number of hydrogen-bond donors (Lipinski definition) is 1. The zero-order valence-corrected chi connectivity index (χ0v) is 13.6. The maximum atomic E-state index is 12.7. The molecule has 0 aromatic carbocycles. The van der Waals surface area contributed by atoms with E-state index in [2.05, 4.69) is 24.2 Å². The van der Waals surface area contributed by atoms with Gasteiger partial charge in [-0.2, -0.15) is 0 Å². The predicted octanol–water partition coefficient (Wildman–Crippen LogP) is 1.61. The van der Waals surface area contributed by atoms with Gasteiger partial charge in [-0.05, 0) is 39.5 Å². The van der Waals surface area contributed by atoms with E-state index in [1.54, 1.807) is 4.68 Å². The molecule has 2 fully saturated rings. The maximum absolute atomic E-state index is 12.7. The molecular weight excluding hydrogens is 298 g/mol. The highest BCUT2D eigenvalue weighted by Crippen LogP contribution is 2.31. The first-order chi connectivity index (χ1) is 10.9. The van der Waals surface area contributed by atoms with Crippen LogP contribution in [0.2, 0.25) is 0 Å². The van der Waals surface area contributed by atoms with Crippen LogP contribution in [0.25, 0.3) is 0 Å². The number of urea groups is 1. The molecule has 2 amide bonds. The van der Waals surface area contributed by atoms with Crippen LogP contribution in [0.3, 0.4) is 0 Å². The lowest BCUT2D eigenvalue weighted by Crippen LogP contribution is -2.51. The summed E-state index contributed by atoms with van der Waals surface area (Å²) in [6.45, 7) is 6.40. The van der Waals surface area contributed by atoms with E-state index in [1.807, 2.05) is 9.80 Å². The summed E-state index contributed by atoms with van der Waals surface area (Å²) in [6, 6.07) is 0.224. The SMILES string of the molecule is CC1(C)CCCN1C(=O)N1CCC(n2cc(C(=O)O)nn2)CC1. The summed E-state index contributed by atoms with van der Waals surface area (Å²) >= 11 is 0. The summed E-state index contributed by atoms with van der Waals surface area (Å²) in [4.78, 5) is 27.4.